The molecule has 0 aliphatic rings. The van der Waals surface area contributed by atoms with Crippen LogP contribution in [0, 0.1) is 5.82 Å². The van der Waals surface area contributed by atoms with E-state index in [0.717, 1.165) is 5.56 Å². The van der Waals surface area contributed by atoms with Gasteiger partial charge >= 0.3 is 0 Å². The minimum atomic E-state index is -0.558. The molecule has 0 radical (unpaired) electrons. The number of rotatable bonds is 10. The van der Waals surface area contributed by atoms with Crippen molar-refractivity contribution in [3.63, 3.8) is 0 Å². The smallest absolute Gasteiger partial charge is 0.181 e. The normalized spacial score (nSPS) is 10.7. The van der Waals surface area contributed by atoms with E-state index in [0.29, 0.717) is 34.9 Å². The van der Waals surface area contributed by atoms with Crippen molar-refractivity contribution in [3.05, 3.63) is 76.2 Å². The number of ether oxygens (including phenoxy) is 3. The van der Waals surface area contributed by atoms with Gasteiger partial charge in [-0.2, -0.15) is 0 Å². The minimum absolute atomic E-state index is 0.0109. The number of pyridine rings is 1. The van der Waals surface area contributed by atoms with Crippen molar-refractivity contribution in [1.82, 2.24) is 4.98 Å². The third-order valence-electron chi connectivity index (χ3n) is 5.04. The van der Waals surface area contributed by atoms with Gasteiger partial charge in [-0.1, -0.05) is 23.7 Å². The number of nitrogens with zero attached hydrogens (tertiary/aromatic N) is 1. The van der Waals surface area contributed by atoms with Crippen molar-refractivity contribution < 1.29 is 28.2 Å². The van der Waals surface area contributed by atoms with Crippen LogP contribution in [0.4, 0.5) is 4.39 Å². The number of ketones is 2. The monoisotopic (exact) mass is 471 g/mol. The summed E-state index contributed by atoms with van der Waals surface area (Å²) < 4.78 is 29.3. The van der Waals surface area contributed by atoms with Gasteiger partial charge in [0.15, 0.2) is 11.6 Å². The number of benzene rings is 2. The molecule has 0 N–H and O–H groups in total. The summed E-state index contributed by atoms with van der Waals surface area (Å²) in [5.74, 6) is -0.0906. The highest BCUT2D eigenvalue weighted by Gasteiger charge is 2.17. The fourth-order valence-corrected chi connectivity index (χ4v) is 3.49. The standard InChI is InChI=1S/C25H23ClFNO5/c1-31-14-17-5-4-15(13-24(17)33-3)21(29)9-10-22(30)20-8-11-23(32-2)25(28-20)16-6-7-19(27)18(26)12-16/h4-8,11-13H,9-10,14H2,1-3H3. The van der Waals surface area contributed by atoms with Crippen molar-refractivity contribution in [1.29, 1.82) is 0 Å². The van der Waals surface area contributed by atoms with E-state index >= 15 is 0 Å². The number of carbonyl (C=O) groups excluding carboxylic acids is 2. The van der Waals surface area contributed by atoms with Crippen LogP contribution in [0.1, 0.15) is 39.3 Å². The van der Waals surface area contributed by atoms with Crippen LogP contribution in [-0.4, -0.2) is 37.9 Å². The molecule has 6 nitrogen and oxygen atoms in total. The molecule has 0 bridgehead atoms. The van der Waals surface area contributed by atoms with E-state index in [2.05, 4.69) is 4.98 Å². The van der Waals surface area contributed by atoms with Crippen LogP contribution in [-0.2, 0) is 11.3 Å². The van der Waals surface area contributed by atoms with Crippen molar-refractivity contribution in [2.75, 3.05) is 21.3 Å². The zero-order valence-electron chi connectivity index (χ0n) is 18.5. The van der Waals surface area contributed by atoms with E-state index in [1.165, 1.54) is 38.5 Å². The lowest BCUT2D eigenvalue weighted by atomic mass is 10.0. The van der Waals surface area contributed by atoms with E-state index in [-0.39, 0.29) is 35.1 Å². The number of Topliss-reactive ketones (excluding diaryl/α,β-unsaturated/α-hetero) is 2. The van der Waals surface area contributed by atoms with Crippen LogP contribution in [0.2, 0.25) is 5.02 Å². The van der Waals surface area contributed by atoms with Crippen LogP contribution in [0.25, 0.3) is 11.3 Å². The second-order valence-electron chi connectivity index (χ2n) is 7.18. The van der Waals surface area contributed by atoms with Crippen LogP contribution >= 0.6 is 11.6 Å². The molecule has 0 saturated heterocycles. The van der Waals surface area contributed by atoms with Crippen molar-refractivity contribution in [2.45, 2.75) is 19.4 Å². The van der Waals surface area contributed by atoms with Gasteiger partial charge in [0.1, 0.15) is 28.7 Å². The van der Waals surface area contributed by atoms with Gasteiger partial charge in [-0.05, 0) is 36.4 Å². The quantitative estimate of drug-likeness (QED) is 0.361. The maximum Gasteiger partial charge on any atom is 0.181 e. The summed E-state index contributed by atoms with van der Waals surface area (Å²) in [7, 11) is 4.57. The van der Waals surface area contributed by atoms with Crippen molar-refractivity contribution in [3.8, 4) is 22.8 Å². The van der Waals surface area contributed by atoms with Crippen molar-refractivity contribution in [2.24, 2.45) is 0 Å². The average molecular weight is 472 g/mol. The molecule has 2 aromatic carbocycles. The van der Waals surface area contributed by atoms with Crippen LogP contribution in [0.3, 0.4) is 0 Å². The van der Waals surface area contributed by atoms with E-state index < -0.39 is 5.82 Å². The fraction of sp³-hybridized carbons (Fsp3) is 0.240. The van der Waals surface area contributed by atoms with E-state index in [4.69, 9.17) is 25.8 Å². The summed E-state index contributed by atoms with van der Waals surface area (Å²) in [5.41, 5.74) is 2.31. The molecule has 0 spiro atoms. The lowest BCUT2D eigenvalue weighted by Gasteiger charge is -2.11. The average Bonchev–Trinajstić information content (AvgIpc) is 2.84. The summed E-state index contributed by atoms with van der Waals surface area (Å²) in [6.07, 6.45) is -0.0130. The molecule has 0 aliphatic heterocycles. The Bertz CT molecular complexity index is 1180. The molecular formula is C25H23ClFNO5. The highest BCUT2D eigenvalue weighted by molar-refractivity contribution is 6.31. The number of halogens is 2. The molecule has 0 saturated carbocycles. The zero-order valence-corrected chi connectivity index (χ0v) is 19.2. The molecule has 3 rings (SSSR count). The van der Waals surface area contributed by atoms with Crippen LogP contribution in [0.15, 0.2) is 48.5 Å². The third kappa shape index (κ3) is 5.74. The zero-order chi connectivity index (χ0) is 24.0. The van der Waals surface area contributed by atoms with E-state index in [9.17, 15) is 14.0 Å². The Balaban J connectivity index is 1.76. The van der Waals surface area contributed by atoms with Gasteiger partial charge in [0.05, 0.1) is 25.8 Å². The van der Waals surface area contributed by atoms with Crippen molar-refractivity contribution >= 4 is 23.2 Å². The topological polar surface area (TPSA) is 74.7 Å². The maximum atomic E-state index is 13.5. The van der Waals surface area contributed by atoms with Gasteiger partial charge in [-0.3, -0.25) is 9.59 Å². The lowest BCUT2D eigenvalue weighted by molar-refractivity contribution is 0.0915. The SMILES string of the molecule is COCc1ccc(C(=O)CCC(=O)c2ccc(OC)c(-c3ccc(F)c(Cl)c3)n2)cc1OC. The molecule has 1 aromatic heterocycles. The molecule has 8 heteroatoms. The highest BCUT2D eigenvalue weighted by atomic mass is 35.5. The first kappa shape index (κ1) is 24.4. The third-order valence-corrected chi connectivity index (χ3v) is 5.33. The van der Waals surface area contributed by atoms with Gasteiger partial charge in [0.25, 0.3) is 0 Å². The molecule has 33 heavy (non-hydrogen) atoms. The van der Waals surface area contributed by atoms with Gasteiger partial charge in [0.2, 0.25) is 0 Å². The first-order chi connectivity index (χ1) is 15.9. The second kappa shape index (κ2) is 11.0. The number of carbonyl (C=O) groups is 2. The Kier molecular flexibility index (Phi) is 8.14. The minimum Gasteiger partial charge on any atom is -0.496 e. The maximum absolute atomic E-state index is 13.5. The lowest BCUT2D eigenvalue weighted by Crippen LogP contribution is -2.08. The Morgan fingerprint density at radius 2 is 1.64 bits per heavy atom. The Labute approximate surface area is 196 Å². The Hall–Kier alpha value is -3.29. The molecule has 0 unspecified atom stereocenters. The fourth-order valence-electron chi connectivity index (χ4n) is 3.31. The first-order valence-corrected chi connectivity index (χ1v) is 10.5. The van der Waals surface area contributed by atoms with Crippen LogP contribution in [0.5, 0.6) is 11.5 Å². The molecule has 1 heterocycles. The highest BCUT2D eigenvalue weighted by Crippen LogP contribution is 2.31. The molecule has 0 atom stereocenters. The van der Waals surface area contributed by atoms with Gasteiger partial charge < -0.3 is 14.2 Å². The summed E-state index contributed by atoms with van der Waals surface area (Å²) >= 11 is 5.89. The molecular weight excluding hydrogens is 449 g/mol. The summed E-state index contributed by atoms with van der Waals surface area (Å²) in [4.78, 5) is 29.8. The number of hydrogen-bond acceptors (Lipinski definition) is 6. The molecule has 0 fully saturated rings. The number of hydrogen-bond donors (Lipinski definition) is 0. The molecule has 172 valence electrons. The summed E-state index contributed by atoms with van der Waals surface area (Å²) in [5, 5.41) is -0.0642. The summed E-state index contributed by atoms with van der Waals surface area (Å²) in [6.45, 7) is 0.362. The number of methoxy groups -OCH3 is 3. The first-order valence-electron chi connectivity index (χ1n) is 10.1. The van der Waals surface area contributed by atoms with E-state index in [1.807, 2.05) is 0 Å². The predicted octanol–water partition coefficient (Wildman–Crippen LogP) is 5.55. The largest absolute Gasteiger partial charge is 0.496 e. The van der Waals surface area contributed by atoms with Gasteiger partial charge in [-0.15, -0.1) is 0 Å². The Morgan fingerprint density at radius 1 is 0.909 bits per heavy atom. The summed E-state index contributed by atoms with van der Waals surface area (Å²) in [6, 6.07) is 12.4. The molecule has 3 aromatic rings. The molecule has 0 aliphatic carbocycles. The number of aromatic nitrogens is 1. The van der Waals surface area contributed by atoms with Gasteiger partial charge in [-0.25, -0.2) is 9.37 Å². The molecule has 0 amide bonds. The van der Waals surface area contributed by atoms with Gasteiger partial charge in [0, 0.05) is 36.6 Å². The van der Waals surface area contributed by atoms with E-state index in [1.54, 1.807) is 31.4 Å². The van der Waals surface area contributed by atoms with Crippen LogP contribution < -0.4 is 9.47 Å². The second-order valence-corrected chi connectivity index (χ2v) is 7.59. The predicted molar refractivity (Wildman–Crippen MR) is 123 cm³/mol. The Morgan fingerprint density at radius 3 is 2.30 bits per heavy atom.